The first-order valence-electron chi connectivity index (χ1n) is 8.88. The summed E-state index contributed by atoms with van der Waals surface area (Å²) in [6, 6.07) is 7.31. The average Bonchev–Trinajstić information content (AvgIpc) is 2.68. The number of morpholine rings is 1. The highest BCUT2D eigenvalue weighted by atomic mass is 16.5. The number of urea groups is 1. The molecule has 0 spiro atoms. The lowest BCUT2D eigenvalue weighted by atomic mass is 10.2. The molecule has 144 valence electrons. The molecule has 2 heterocycles. The Balaban J connectivity index is 1.68. The number of hydrogen-bond acceptors (Lipinski definition) is 7. The zero-order valence-corrected chi connectivity index (χ0v) is 15.9. The van der Waals surface area contributed by atoms with Crippen molar-refractivity contribution >= 4 is 23.6 Å². The Morgan fingerprint density at radius 2 is 1.93 bits per heavy atom. The zero-order valence-electron chi connectivity index (χ0n) is 15.9. The fourth-order valence-corrected chi connectivity index (χ4v) is 2.62. The normalized spacial score (nSPS) is 14.0. The second kappa shape index (κ2) is 8.63. The predicted octanol–water partition coefficient (Wildman–Crippen LogP) is 1.40. The van der Waals surface area contributed by atoms with Crippen LogP contribution in [0.3, 0.4) is 0 Å². The summed E-state index contributed by atoms with van der Waals surface area (Å²) in [5.41, 5.74) is 1.77. The van der Waals surface area contributed by atoms with E-state index in [9.17, 15) is 4.79 Å². The van der Waals surface area contributed by atoms with Crippen LogP contribution >= 0.6 is 0 Å². The summed E-state index contributed by atoms with van der Waals surface area (Å²) in [6.07, 6.45) is 0. The Kier molecular flexibility index (Phi) is 6.02. The van der Waals surface area contributed by atoms with Crippen LogP contribution in [0.4, 0.5) is 22.4 Å². The number of anilines is 3. The molecule has 1 aromatic carbocycles. The van der Waals surface area contributed by atoms with Gasteiger partial charge in [0.05, 0.1) is 19.8 Å². The lowest BCUT2D eigenvalue weighted by Gasteiger charge is -2.27. The summed E-state index contributed by atoms with van der Waals surface area (Å²) in [5.74, 6) is 1.67. The Morgan fingerprint density at radius 3 is 2.63 bits per heavy atom. The van der Waals surface area contributed by atoms with Gasteiger partial charge in [0.2, 0.25) is 11.9 Å². The SMILES string of the molecule is Cc1ccccc1NC(=O)NCc1nc(N(C)C)nc(N2CCOCC2)n1. The second-order valence-corrected chi connectivity index (χ2v) is 6.47. The molecule has 1 aromatic heterocycles. The standard InChI is InChI=1S/C18H25N7O2/c1-13-6-4-5-7-14(13)20-18(26)19-12-15-21-16(24(2)3)23-17(22-15)25-8-10-27-11-9-25/h4-7H,8-12H2,1-3H3,(H2,19,20,26). The smallest absolute Gasteiger partial charge is 0.319 e. The van der Waals surface area contributed by atoms with Gasteiger partial charge >= 0.3 is 6.03 Å². The summed E-state index contributed by atoms with van der Waals surface area (Å²) in [5, 5.41) is 5.64. The lowest BCUT2D eigenvalue weighted by molar-refractivity contribution is 0.122. The third-order valence-corrected chi connectivity index (χ3v) is 4.15. The number of nitrogens with zero attached hydrogens (tertiary/aromatic N) is 5. The topological polar surface area (TPSA) is 95.5 Å². The van der Waals surface area contributed by atoms with Crippen molar-refractivity contribution in [3.05, 3.63) is 35.7 Å². The average molecular weight is 371 g/mol. The molecule has 1 saturated heterocycles. The van der Waals surface area contributed by atoms with Crippen LogP contribution in [0.1, 0.15) is 11.4 Å². The van der Waals surface area contributed by atoms with Crippen molar-refractivity contribution in [1.82, 2.24) is 20.3 Å². The number of aryl methyl sites for hydroxylation is 1. The number of hydrogen-bond donors (Lipinski definition) is 2. The van der Waals surface area contributed by atoms with Crippen molar-refractivity contribution in [2.24, 2.45) is 0 Å². The summed E-state index contributed by atoms with van der Waals surface area (Å²) in [6.45, 7) is 4.91. The number of carbonyl (C=O) groups excluding carboxylic acids is 1. The van der Waals surface area contributed by atoms with E-state index >= 15 is 0 Å². The van der Waals surface area contributed by atoms with E-state index in [1.807, 2.05) is 50.2 Å². The van der Waals surface area contributed by atoms with Gasteiger partial charge in [-0.3, -0.25) is 0 Å². The summed E-state index contributed by atoms with van der Waals surface area (Å²) >= 11 is 0. The van der Waals surface area contributed by atoms with Crippen LogP contribution in [0.5, 0.6) is 0 Å². The van der Waals surface area contributed by atoms with Crippen molar-refractivity contribution in [1.29, 1.82) is 0 Å². The molecule has 9 heteroatoms. The summed E-state index contributed by atoms with van der Waals surface area (Å²) in [4.78, 5) is 29.6. The van der Waals surface area contributed by atoms with Crippen molar-refractivity contribution < 1.29 is 9.53 Å². The first-order valence-corrected chi connectivity index (χ1v) is 8.88. The summed E-state index contributed by atoms with van der Waals surface area (Å²) in [7, 11) is 3.75. The molecule has 0 radical (unpaired) electrons. The molecule has 0 bridgehead atoms. The van der Waals surface area contributed by atoms with Gasteiger partial charge in [0.25, 0.3) is 0 Å². The lowest BCUT2D eigenvalue weighted by Crippen LogP contribution is -2.38. The van der Waals surface area contributed by atoms with Crippen LogP contribution in [0, 0.1) is 6.92 Å². The number of benzene rings is 1. The number of carbonyl (C=O) groups is 1. The number of ether oxygens (including phenoxy) is 1. The Hall–Kier alpha value is -2.94. The van der Waals surface area contributed by atoms with Crippen LogP contribution in [0.2, 0.25) is 0 Å². The van der Waals surface area contributed by atoms with Gasteiger partial charge in [-0.1, -0.05) is 18.2 Å². The van der Waals surface area contributed by atoms with E-state index in [0.29, 0.717) is 30.9 Å². The Labute approximate surface area is 158 Å². The summed E-state index contributed by atoms with van der Waals surface area (Å²) < 4.78 is 5.39. The van der Waals surface area contributed by atoms with E-state index in [1.165, 1.54) is 0 Å². The first-order chi connectivity index (χ1) is 13.0. The molecular weight excluding hydrogens is 346 g/mol. The minimum Gasteiger partial charge on any atom is -0.378 e. The fourth-order valence-electron chi connectivity index (χ4n) is 2.62. The molecule has 2 N–H and O–H groups in total. The molecule has 2 amide bonds. The van der Waals surface area contributed by atoms with Gasteiger partial charge in [-0.05, 0) is 18.6 Å². The minimum atomic E-state index is -0.302. The van der Waals surface area contributed by atoms with Crippen LogP contribution in [-0.2, 0) is 11.3 Å². The van der Waals surface area contributed by atoms with Gasteiger partial charge < -0.3 is 25.2 Å². The van der Waals surface area contributed by atoms with Crippen LogP contribution < -0.4 is 20.4 Å². The Morgan fingerprint density at radius 1 is 1.19 bits per heavy atom. The molecule has 2 aromatic rings. The van der Waals surface area contributed by atoms with Crippen molar-refractivity contribution in [2.75, 3.05) is 55.5 Å². The third kappa shape index (κ3) is 5.04. The van der Waals surface area contributed by atoms with Crippen LogP contribution in [0.25, 0.3) is 0 Å². The van der Waals surface area contributed by atoms with E-state index in [4.69, 9.17) is 4.74 Å². The third-order valence-electron chi connectivity index (χ3n) is 4.15. The monoisotopic (exact) mass is 371 g/mol. The number of amides is 2. The van der Waals surface area contributed by atoms with Gasteiger partial charge in [-0.15, -0.1) is 0 Å². The van der Waals surface area contributed by atoms with Crippen molar-refractivity contribution in [3.8, 4) is 0 Å². The highest BCUT2D eigenvalue weighted by Gasteiger charge is 2.17. The van der Waals surface area contributed by atoms with E-state index < -0.39 is 0 Å². The quantitative estimate of drug-likeness (QED) is 0.820. The number of aromatic nitrogens is 3. The molecule has 1 aliphatic heterocycles. The number of rotatable bonds is 5. The number of nitrogens with one attached hydrogen (secondary N) is 2. The maximum atomic E-state index is 12.2. The largest absolute Gasteiger partial charge is 0.378 e. The molecule has 3 rings (SSSR count). The molecule has 0 saturated carbocycles. The first kappa shape index (κ1) is 18.8. The van der Waals surface area contributed by atoms with E-state index in [2.05, 4.69) is 30.5 Å². The number of para-hydroxylation sites is 1. The van der Waals surface area contributed by atoms with Crippen LogP contribution in [0.15, 0.2) is 24.3 Å². The van der Waals surface area contributed by atoms with E-state index in [-0.39, 0.29) is 12.6 Å². The van der Waals surface area contributed by atoms with Gasteiger partial charge in [-0.2, -0.15) is 15.0 Å². The van der Waals surface area contributed by atoms with E-state index in [0.717, 1.165) is 24.3 Å². The van der Waals surface area contributed by atoms with Gasteiger partial charge in [0, 0.05) is 32.9 Å². The molecule has 9 nitrogen and oxygen atoms in total. The highest BCUT2D eigenvalue weighted by molar-refractivity contribution is 5.89. The van der Waals surface area contributed by atoms with Crippen molar-refractivity contribution in [2.45, 2.75) is 13.5 Å². The maximum absolute atomic E-state index is 12.2. The second-order valence-electron chi connectivity index (χ2n) is 6.47. The van der Waals surface area contributed by atoms with Crippen LogP contribution in [-0.4, -0.2) is 61.4 Å². The minimum absolute atomic E-state index is 0.207. The molecular formula is C18H25N7O2. The predicted molar refractivity (Wildman–Crippen MR) is 104 cm³/mol. The van der Waals surface area contributed by atoms with Gasteiger partial charge in [-0.25, -0.2) is 4.79 Å². The highest BCUT2D eigenvalue weighted by Crippen LogP contribution is 2.15. The van der Waals surface area contributed by atoms with Gasteiger partial charge in [0.15, 0.2) is 5.82 Å². The zero-order chi connectivity index (χ0) is 19.2. The van der Waals surface area contributed by atoms with Crippen molar-refractivity contribution in [3.63, 3.8) is 0 Å². The molecule has 0 atom stereocenters. The molecule has 1 fully saturated rings. The molecule has 27 heavy (non-hydrogen) atoms. The molecule has 1 aliphatic rings. The van der Waals surface area contributed by atoms with E-state index in [1.54, 1.807) is 0 Å². The maximum Gasteiger partial charge on any atom is 0.319 e. The fraction of sp³-hybridized carbons (Fsp3) is 0.444. The Bertz CT molecular complexity index is 791. The molecule has 0 unspecified atom stereocenters. The molecule has 0 aliphatic carbocycles. The van der Waals surface area contributed by atoms with Gasteiger partial charge in [0.1, 0.15) is 0 Å².